The van der Waals surface area contributed by atoms with E-state index in [2.05, 4.69) is 36.5 Å². The number of thioether (sulfide) groups is 1. The van der Waals surface area contributed by atoms with Crippen molar-refractivity contribution < 1.29 is 0 Å². The molecule has 1 aromatic carbocycles. The van der Waals surface area contributed by atoms with E-state index in [1.165, 1.54) is 35.5 Å². The number of hydrogen-bond acceptors (Lipinski definition) is 2. The molecule has 1 fully saturated rings. The summed E-state index contributed by atoms with van der Waals surface area (Å²) < 4.78 is 0. The topological polar surface area (TPSA) is 12.0 Å². The van der Waals surface area contributed by atoms with Crippen molar-refractivity contribution in [2.45, 2.75) is 43.2 Å². The van der Waals surface area contributed by atoms with Gasteiger partial charge in [-0.3, -0.25) is 0 Å². The summed E-state index contributed by atoms with van der Waals surface area (Å²) in [4.78, 5) is 1.48. The fourth-order valence-electron chi connectivity index (χ4n) is 2.94. The van der Waals surface area contributed by atoms with Crippen LogP contribution in [0.5, 0.6) is 0 Å². The lowest BCUT2D eigenvalue weighted by Gasteiger charge is -2.19. The normalized spacial score (nSPS) is 32.9. The van der Waals surface area contributed by atoms with Gasteiger partial charge in [-0.1, -0.05) is 25.1 Å². The predicted molar refractivity (Wildman–Crippen MR) is 69.8 cm³/mol. The summed E-state index contributed by atoms with van der Waals surface area (Å²) in [5, 5.41) is 3.84. The molecule has 1 aliphatic carbocycles. The van der Waals surface area contributed by atoms with Gasteiger partial charge in [0.15, 0.2) is 0 Å². The second-order valence-corrected chi connectivity index (χ2v) is 6.25. The highest BCUT2D eigenvalue weighted by atomic mass is 32.2. The molecule has 3 atom stereocenters. The number of hydrogen-bond donors (Lipinski definition) is 1. The van der Waals surface area contributed by atoms with Crippen LogP contribution in [0.4, 0.5) is 0 Å². The minimum Gasteiger partial charge on any atom is -0.306 e. The van der Waals surface area contributed by atoms with Gasteiger partial charge in [-0.2, -0.15) is 0 Å². The zero-order valence-corrected chi connectivity index (χ0v) is 10.6. The largest absolute Gasteiger partial charge is 0.306 e. The molecule has 1 N–H and O–H groups in total. The van der Waals surface area contributed by atoms with E-state index in [-0.39, 0.29) is 0 Å². The third-order valence-electron chi connectivity index (χ3n) is 3.83. The molecule has 16 heavy (non-hydrogen) atoms. The molecule has 0 saturated heterocycles. The predicted octanol–water partition coefficient (Wildman–Crippen LogP) is 3.61. The number of benzene rings is 1. The molecule has 1 saturated carbocycles. The second kappa shape index (κ2) is 4.42. The van der Waals surface area contributed by atoms with Crippen LogP contribution in [0.1, 0.15) is 37.8 Å². The van der Waals surface area contributed by atoms with E-state index in [1.807, 2.05) is 11.8 Å². The van der Waals surface area contributed by atoms with Gasteiger partial charge in [-0.05, 0) is 36.8 Å². The second-order valence-electron chi connectivity index (χ2n) is 5.18. The molecule has 2 aliphatic rings. The monoisotopic (exact) mass is 233 g/mol. The number of rotatable bonds is 2. The van der Waals surface area contributed by atoms with Crippen LogP contribution in [0.25, 0.3) is 0 Å². The van der Waals surface area contributed by atoms with Crippen LogP contribution in [0.2, 0.25) is 0 Å². The average molecular weight is 233 g/mol. The van der Waals surface area contributed by atoms with E-state index in [0.29, 0.717) is 6.04 Å². The van der Waals surface area contributed by atoms with E-state index < -0.39 is 0 Å². The minimum atomic E-state index is 0.594. The van der Waals surface area contributed by atoms with Crippen molar-refractivity contribution >= 4 is 11.8 Å². The van der Waals surface area contributed by atoms with Crippen LogP contribution in [-0.2, 0) is 0 Å². The summed E-state index contributed by atoms with van der Waals surface area (Å²) in [5.41, 5.74) is 1.52. The van der Waals surface area contributed by atoms with Crippen LogP contribution in [0, 0.1) is 5.92 Å². The molecular formula is C14H19NS. The first-order valence-electron chi connectivity index (χ1n) is 6.30. The lowest BCUT2D eigenvalue weighted by atomic mass is 10.1. The SMILES string of the molecule is CC1CCC(NC2CSc3ccccc32)C1. The van der Waals surface area contributed by atoms with Gasteiger partial charge in [-0.15, -0.1) is 11.8 Å². The molecule has 3 rings (SSSR count). The quantitative estimate of drug-likeness (QED) is 0.837. The summed E-state index contributed by atoms with van der Waals surface area (Å²) >= 11 is 2.00. The number of fused-ring (bicyclic) bond motifs is 1. The summed E-state index contributed by atoms with van der Waals surface area (Å²) in [6.07, 6.45) is 4.13. The molecule has 1 aliphatic heterocycles. The van der Waals surface area contributed by atoms with Gasteiger partial charge in [0.1, 0.15) is 0 Å². The van der Waals surface area contributed by atoms with Gasteiger partial charge in [0.2, 0.25) is 0 Å². The molecule has 0 bridgehead atoms. The van der Waals surface area contributed by atoms with Crippen LogP contribution in [0.15, 0.2) is 29.2 Å². The molecule has 1 heterocycles. The fraction of sp³-hybridized carbons (Fsp3) is 0.571. The molecular weight excluding hydrogens is 214 g/mol. The maximum Gasteiger partial charge on any atom is 0.0428 e. The van der Waals surface area contributed by atoms with Gasteiger partial charge in [-0.25, -0.2) is 0 Å². The molecule has 0 aromatic heterocycles. The van der Waals surface area contributed by atoms with Gasteiger partial charge in [0.25, 0.3) is 0 Å². The summed E-state index contributed by atoms with van der Waals surface area (Å²) in [6, 6.07) is 10.2. The maximum absolute atomic E-state index is 3.84. The summed E-state index contributed by atoms with van der Waals surface area (Å²) in [7, 11) is 0. The Morgan fingerprint density at radius 2 is 2.12 bits per heavy atom. The van der Waals surface area contributed by atoms with E-state index in [4.69, 9.17) is 0 Å². The van der Waals surface area contributed by atoms with Gasteiger partial charge in [0, 0.05) is 22.7 Å². The Labute approximate surface area is 102 Å². The molecule has 0 amide bonds. The first kappa shape index (κ1) is 10.7. The number of nitrogens with one attached hydrogen (secondary N) is 1. The minimum absolute atomic E-state index is 0.594. The molecule has 2 heteroatoms. The lowest BCUT2D eigenvalue weighted by Crippen LogP contribution is -2.30. The van der Waals surface area contributed by atoms with Crippen molar-refractivity contribution in [1.82, 2.24) is 5.32 Å². The molecule has 86 valence electrons. The van der Waals surface area contributed by atoms with Crippen molar-refractivity contribution in [1.29, 1.82) is 0 Å². The van der Waals surface area contributed by atoms with Gasteiger partial charge >= 0.3 is 0 Å². The highest BCUT2D eigenvalue weighted by Crippen LogP contribution is 2.39. The van der Waals surface area contributed by atoms with E-state index in [0.717, 1.165) is 12.0 Å². The molecule has 0 radical (unpaired) electrons. The van der Waals surface area contributed by atoms with E-state index in [9.17, 15) is 0 Å². The van der Waals surface area contributed by atoms with Crippen molar-refractivity contribution in [2.75, 3.05) is 5.75 Å². The zero-order valence-electron chi connectivity index (χ0n) is 9.78. The molecule has 1 aromatic rings. The average Bonchev–Trinajstić information content (AvgIpc) is 2.87. The standard InChI is InChI=1S/C14H19NS/c1-10-6-7-11(8-10)15-13-9-16-14-5-3-2-4-12(13)14/h2-5,10-11,13,15H,6-9H2,1H3. The first-order valence-corrected chi connectivity index (χ1v) is 7.29. The summed E-state index contributed by atoms with van der Waals surface area (Å²) in [5.74, 6) is 2.13. The van der Waals surface area contributed by atoms with E-state index in [1.54, 1.807) is 0 Å². The molecule has 1 nitrogen and oxygen atoms in total. The van der Waals surface area contributed by atoms with Crippen molar-refractivity contribution in [2.24, 2.45) is 5.92 Å². The van der Waals surface area contributed by atoms with Crippen molar-refractivity contribution in [3.05, 3.63) is 29.8 Å². The van der Waals surface area contributed by atoms with Crippen LogP contribution in [-0.4, -0.2) is 11.8 Å². The van der Waals surface area contributed by atoms with Crippen molar-refractivity contribution in [3.63, 3.8) is 0 Å². The van der Waals surface area contributed by atoms with Crippen LogP contribution >= 0.6 is 11.8 Å². The van der Waals surface area contributed by atoms with E-state index >= 15 is 0 Å². The third-order valence-corrected chi connectivity index (χ3v) is 5.01. The first-order chi connectivity index (χ1) is 7.83. The Morgan fingerprint density at radius 1 is 1.25 bits per heavy atom. The maximum atomic E-state index is 3.84. The Kier molecular flexibility index (Phi) is 2.95. The lowest BCUT2D eigenvalue weighted by molar-refractivity contribution is 0.454. The van der Waals surface area contributed by atoms with Crippen LogP contribution < -0.4 is 5.32 Å². The highest BCUT2D eigenvalue weighted by Gasteiger charge is 2.28. The van der Waals surface area contributed by atoms with Gasteiger partial charge in [0.05, 0.1) is 0 Å². The highest BCUT2D eigenvalue weighted by molar-refractivity contribution is 7.99. The Morgan fingerprint density at radius 3 is 2.94 bits per heavy atom. The Hall–Kier alpha value is -0.470. The van der Waals surface area contributed by atoms with Crippen molar-refractivity contribution in [3.8, 4) is 0 Å². The smallest absolute Gasteiger partial charge is 0.0428 e. The third kappa shape index (κ3) is 2.01. The van der Waals surface area contributed by atoms with Crippen LogP contribution in [0.3, 0.4) is 0 Å². The fourth-order valence-corrected chi connectivity index (χ4v) is 4.12. The molecule has 0 spiro atoms. The Bertz CT molecular complexity index is 377. The summed E-state index contributed by atoms with van der Waals surface area (Å²) in [6.45, 7) is 2.37. The molecule has 3 unspecified atom stereocenters. The van der Waals surface area contributed by atoms with Gasteiger partial charge < -0.3 is 5.32 Å². The Balaban J connectivity index is 1.69. The zero-order chi connectivity index (χ0) is 11.0.